The van der Waals surface area contributed by atoms with E-state index in [0.29, 0.717) is 23.5 Å². The number of aromatic nitrogens is 1. The van der Waals surface area contributed by atoms with Crippen molar-refractivity contribution < 1.29 is 18.7 Å². The van der Waals surface area contributed by atoms with Crippen LogP contribution < -0.4 is 5.32 Å². The van der Waals surface area contributed by atoms with Crippen LogP contribution >= 0.6 is 11.6 Å². The quantitative estimate of drug-likeness (QED) is 0.605. The van der Waals surface area contributed by atoms with Crippen LogP contribution in [-0.2, 0) is 11.3 Å². The molecule has 1 amide bonds. The van der Waals surface area contributed by atoms with Crippen LogP contribution in [0.15, 0.2) is 42.5 Å². The molecule has 2 aliphatic heterocycles. The summed E-state index contributed by atoms with van der Waals surface area (Å²) in [5, 5.41) is 3.61. The van der Waals surface area contributed by atoms with Crippen LogP contribution in [0.1, 0.15) is 32.8 Å². The zero-order valence-corrected chi connectivity index (χ0v) is 17.4. The van der Waals surface area contributed by atoms with Gasteiger partial charge in [-0.05, 0) is 30.0 Å². The smallest absolute Gasteiger partial charge is 0.343 e. The Labute approximate surface area is 183 Å². The van der Waals surface area contributed by atoms with E-state index in [1.54, 1.807) is 6.07 Å². The maximum Gasteiger partial charge on any atom is 0.343 e. The normalized spacial score (nSPS) is 20.3. The van der Waals surface area contributed by atoms with E-state index in [0.717, 1.165) is 25.1 Å². The number of amides is 1. The molecule has 2 saturated heterocycles. The molecular weight excluding hydrogens is 421 g/mol. The largest absolute Gasteiger partial charge is 0.457 e. The van der Waals surface area contributed by atoms with E-state index < -0.39 is 11.8 Å². The van der Waals surface area contributed by atoms with Gasteiger partial charge in [0.1, 0.15) is 17.9 Å². The van der Waals surface area contributed by atoms with Gasteiger partial charge in [-0.15, -0.1) is 0 Å². The molecule has 8 heteroatoms. The van der Waals surface area contributed by atoms with Gasteiger partial charge in [0.15, 0.2) is 5.82 Å². The Hall–Kier alpha value is -2.90. The first-order valence-electron chi connectivity index (χ1n) is 10.3. The molecule has 0 spiro atoms. The van der Waals surface area contributed by atoms with E-state index in [1.807, 2.05) is 35.2 Å². The zero-order chi connectivity index (χ0) is 21.5. The Balaban J connectivity index is 1.45. The fraction of sp³-hybridized carbons (Fsp3) is 0.304. The highest BCUT2D eigenvalue weighted by molar-refractivity contribution is 6.32. The molecule has 0 radical (unpaired) electrons. The summed E-state index contributed by atoms with van der Waals surface area (Å²) in [6.07, 6.45) is 0.959. The molecule has 31 heavy (non-hydrogen) atoms. The number of benzene rings is 2. The van der Waals surface area contributed by atoms with Gasteiger partial charge in [0, 0.05) is 31.1 Å². The fourth-order valence-electron chi connectivity index (χ4n) is 4.58. The predicted octanol–water partition coefficient (Wildman–Crippen LogP) is 3.75. The van der Waals surface area contributed by atoms with E-state index in [9.17, 15) is 14.0 Å². The molecule has 2 fully saturated rings. The fourth-order valence-corrected chi connectivity index (χ4v) is 4.79. The number of ether oxygens (including phenoxy) is 1. The second-order valence-electron chi connectivity index (χ2n) is 8.03. The molecule has 2 atom stereocenters. The summed E-state index contributed by atoms with van der Waals surface area (Å²) in [6.45, 7) is 2.38. The van der Waals surface area contributed by atoms with Crippen molar-refractivity contribution in [2.45, 2.75) is 19.1 Å². The summed E-state index contributed by atoms with van der Waals surface area (Å²) < 4.78 is 20.2. The average Bonchev–Trinajstić information content (AvgIpc) is 3.49. The number of H-pyrrole nitrogens is 1. The third kappa shape index (κ3) is 3.58. The number of aromatic amines is 1. The molecule has 0 saturated carbocycles. The van der Waals surface area contributed by atoms with Crippen LogP contribution in [-0.4, -0.2) is 47.4 Å². The summed E-state index contributed by atoms with van der Waals surface area (Å²) in [6, 6.07) is 12.3. The molecule has 3 heterocycles. The van der Waals surface area contributed by atoms with E-state index in [2.05, 4.69) is 10.3 Å². The van der Waals surface area contributed by atoms with Crippen LogP contribution in [0.2, 0.25) is 5.02 Å². The maximum atomic E-state index is 14.8. The van der Waals surface area contributed by atoms with Crippen molar-refractivity contribution >= 4 is 34.4 Å². The number of nitrogens with zero attached hydrogens (tertiary/aromatic N) is 1. The van der Waals surface area contributed by atoms with Crippen molar-refractivity contribution in [3.8, 4) is 0 Å². The van der Waals surface area contributed by atoms with Crippen molar-refractivity contribution in [3.05, 3.63) is 70.1 Å². The van der Waals surface area contributed by atoms with Crippen LogP contribution in [0.25, 0.3) is 10.9 Å². The first-order chi connectivity index (χ1) is 15.0. The lowest BCUT2D eigenvalue weighted by molar-refractivity contribution is 0.0469. The third-order valence-corrected chi connectivity index (χ3v) is 6.44. The number of carbonyl (C=O) groups excluding carboxylic acids is 2. The van der Waals surface area contributed by atoms with Gasteiger partial charge in [-0.2, -0.15) is 0 Å². The molecule has 0 aliphatic carbocycles. The topological polar surface area (TPSA) is 74.4 Å². The zero-order valence-electron chi connectivity index (χ0n) is 16.7. The molecular formula is C23H21ClFN3O3. The minimum absolute atomic E-state index is 0.00343. The second-order valence-corrected chi connectivity index (χ2v) is 8.44. The molecule has 0 unspecified atom stereocenters. The number of nitrogens with one attached hydrogen (secondary N) is 2. The molecule has 0 bridgehead atoms. The number of esters is 1. The Morgan fingerprint density at radius 3 is 2.81 bits per heavy atom. The highest BCUT2D eigenvalue weighted by Crippen LogP contribution is 2.32. The molecule has 2 aromatic carbocycles. The molecule has 3 aromatic rings. The van der Waals surface area contributed by atoms with Gasteiger partial charge in [0.05, 0.1) is 10.5 Å². The van der Waals surface area contributed by atoms with Crippen molar-refractivity contribution in [1.82, 2.24) is 15.2 Å². The van der Waals surface area contributed by atoms with Gasteiger partial charge in [-0.3, -0.25) is 4.79 Å². The van der Waals surface area contributed by atoms with Crippen LogP contribution in [0.5, 0.6) is 0 Å². The first kappa shape index (κ1) is 20.0. The number of fused-ring (bicyclic) bond motifs is 2. The van der Waals surface area contributed by atoms with E-state index in [4.69, 9.17) is 16.3 Å². The Morgan fingerprint density at radius 2 is 2.00 bits per heavy atom. The minimum Gasteiger partial charge on any atom is -0.457 e. The number of hydrogen-bond donors (Lipinski definition) is 2. The summed E-state index contributed by atoms with van der Waals surface area (Å²) >= 11 is 6.04. The first-order valence-corrected chi connectivity index (χ1v) is 10.6. The lowest BCUT2D eigenvalue weighted by Crippen LogP contribution is -2.39. The molecule has 2 aliphatic rings. The van der Waals surface area contributed by atoms with Gasteiger partial charge in [-0.25, -0.2) is 9.18 Å². The van der Waals surface area contributed by atoms with Crippen molar-refractivity contribution in [3.63, 3.8) is 0 Å². The second kappa shape index (κ2) is 7.98. The molecule has 2 N–H and O–H groups in total. The van der Waals surface area contributed by atoms with Gasteiger partial charge in [0.2, 0.25) is 0 Å². The molecule has 5 rings (SSSR count). The number of halogens is 2. The summed E-state index contributed by atoms with van der Waals surface area (Å²) in [4.78, 5) is 30.7. The highest BCUT2D eigenvalue weighted by Gasteiger charge is 2.40. The Kier molecular flexibility index (Phi) is 5.16. The SMILES string of the molecule is O=C(OCc1ccccc1)c1c(F)c(Cl)cc2cc(C(=O)N3CC[C@@H]4CNC[C@@H]43)[nH]c12. The third-order valence-electron chi connectivity index (χ3n) is 6.16. The lowest BCUT2D eigenvalue weighted by Gasteiger charge is -2.22. The summed E-state index contributed by atoms with van der Waals surface area (Å²) in [5.41, 5.74) is 1.01. The average molecular weight is 442 g/mol. The van der Waals surface area contributed by atoms with E-state index in [-0.39, 0.29) is 34.7 Å². The monoisotopic (exact) mass is 441 g/mol. The van der Waals surface area contributed by atoms with Gasteiger partial charge >= 0.3 is 5.97 Å². The predicted molar refractivity (Wildman–Crippen MR) is 115 cm³/mol. The standard InChI is InChI=1S/C23H21ClFN3O3/c24-16-8-15-9-17(22(29)28-7-6-14-10-26-11-18(14)28)27-21(15)19(20(16)25)23(30)31-12-13-4-2-1-3-5-13/h1-5,8-9,14,18,26-27H,6-7,10-12H2/t14-,18+/m1/s1. The summed E-state index contributed by atoms with van der Waals surface area (Å²) in [7, 11) is 0. The number of rotatable bonds is 4. The molecule has 6 nitrogen and oxygen atoms in total. The van der Waals surface area contributed by atoms with Crippen LogP contribution in [0.4, 0.5) is 4.39 Å². The van der Waals surface area contributed by atoms with E-state index >= 15 is 0 Å². The number of carbonyl (C=O) groups is 2. The lowest BCUT2D eigenvalue weighted by atomic mass is 10.1. The van der Waals surface area contributed by atoms with Crippen molar-refractivity contribution in [2.75, 3.05) is 19.6 Å². The molecule has 1 aromatic heterocycles. The van der Waals surface area contributed by atoms with Gasteiger partial charge in [0.25, 0.3) is 5.91 Å². The van der Waals surface area contributed by atoms with Gasteiger partial charge in [-0.1, -0.05) is 41.9 Å². The maximum absolute atomic E-state index is 14.8. The Morgan fingerprint density at radius 1 is 1.19 bits per heavy atom. The number of likely N-dealkylation sites (tertiary alicyclic amines) is 1. The molecule has 160 valence electrons. The number of hydrogen-bond acceptors (Lipinski definition) is 4. The van der Waals surface area contributed by atoms with E-state index in [1.165, 1.54) is 6.07 Å². The van der Waals surface area contributed by atoms with Gasteiger partial charge < -0.3 is 19.9 Å². The highest BCUT2D eigenvalue weighted by atomic mass is 35.5. The van der Waals surface area contributed by atoms with Crippen molar-refractivity contribution in [2.24, 2.45) is 5.92 Å². The van der Waals surface area contributed by atoms with Crippen molar-refractivity contribution in [1.29, 1.82) is 0 Å². The summed E-state index contributed by atoms with van der Waals surface area (Å²) in [5.74, 6) is -1.40. The minimum atomic E-state index is -0.866. The van der Waals surface area contributed by atoms with Crippen LogP contribution in [0, 0.1) is 11.7 Å². The van der Waals surface area contributed by atoms with Crippen LogP contribution in [0.3, 0.4) is 0 Å². The Bertz CT molecular complexity index is 1160.